The minimum absolute atomic E-state index is 0.299. The SMILES string of the molecule is CCc1c(-c2ccc(O)cc2)c2cc(-c3ccccc3)c3cccc1n32. The molecule has 126 valence electrons. The monoisotopic (exact) mass is 337 g/mol. The summed E-state index contributed by atoms with van der Waals surface area (Å²) in [5.74, 6) is 0.299. The van der Waals surface area contributed by atoms with Gasteiger partial charge in [-0.05, 0) is 53.4 Å². The van der Waals surface area contributed by atoms with Gasteiger partial charge in [0.25, 0.3) is 0 Å². The molecule has 26 heavy (non-hydrogen) atoms. The second kappa shape index (κ2) is 5.63. The van der Waals surface area contributed by atoms with Gasteiger partial charge in [-0.3, -0.25) is 0 Å². The Morgan fingerprint density at radius 3 is 2.19 bits per heavy atom. The van der Waals surface area contributed by atoms with E-state index in [9.17, 15) is 5.11 Å². The Labute approximate surface area is 152 Å². The van der Waals surface area contributed by atoms with Gasteiger partial charge >= 0.3 is 0 Å². The zero-order chi connectivity index (χ0) is 17.7. The molecule has 0 aliphatic rings. The van der Waals surface area contributed by atoms with Gasteiger partial charge in [0, 0.05) is 11.1 Å². The molecule has 1 N–H and O–H groups in total. The minimum atomic E-state index is 0.299. The number of phenols is 1. The molecule has 2 nitrogen and oxygen atoms in total. The predicted octanol–water partition coefficient (Wildman–Crippen LogP) is 6.13. The first-order valence-electron chi connectivity index (χ1n) is 9.01. The number of phenolic OH excluding ortho intramolecular Hbond substituents is 1. The molecule has 0 unspecified atom stereocenters. The quantitative estimate of drug-likeness (QED) is 0.421. The van der Waals surface area contributed by atoms with Crippen molar-refractivity contribution in [1.82, 2.24) is 4.40 Å². The Hall–Kier alpha value is -3.26. The van der Waals surface area contributed by atoms with E-state index in [1.807, 2.05) is 12.1 Å². The molecular weight excluding hydrogens is 318 g/mol. The third-order valence-corrected chi connectivity index (χ3v) is 5.25. The largest absolute Gasteiger partial charge is 0.508 e. The summed E-state index contributed by atoms with van der Waals surface area (Å²) in [6, 6.07) is 27.0. The third-order valence-electron chi connectivity index (χ3n) is 5.25. The number of aryl methyl sites for hydroxylation is 1. The zero-order valence-electron chi connectivity index (χ0n) is 14.6. The van der Waals surface area contributed by atoms with E-state index in [1.165, 1.54) is 38.8 Å². The highest BCUT2D eigenvalue weighted by Gasteiger charge is 2.20. The highest BCUT2D eigenvalue weighted by Crippen LogP contribution is 2.41. The minimum Gasteiger partial charge on any atom is -0.508 e. The number of benzene rings is 2. The van der Waals surface area contributed by atoms with Crippen LogP contribution in [0.15, 0.2) is 78.9 Å². The molecule has 5 rings (SSSR count). The highest BCUT2D eigenvalue weighted by atomic mass is 16.3. The van der Waals surface area contributed by atoms with Crippen molar-refractivity contribution in [2.75, 3.05) is 0 Å². The number of hydrogen-bond donors (Lipinski definition) is 1. The average Bonchev–Trinajstić information content (AvgIpc) is 3.22. The summed E-state index contributed by atoms with van der Waals surface area (Å²) in [4.78, 5) is 0. The average molecular weight is 337 g/mol. The standard InChI is InChI=1S/C24H19NO/c1-2-19-21-9-6-10-22-20(16-7-4-3-5-8-16)15-23(25(21)22)24(19)17-11-13-18(26)14-12-17/h3-15,26H,2H2,1H3. The Morgan fingerprint density at radius 1 is 0.731 bits per heavy atom. The van der Waals surface area contributed by atoms with Gasteiger partial charge in [-0.25, -0.2) is 0 Å². The zero-order valence-corrected chi connectivity index (χ0v) is 14.6. The molecule has 0 radical (unpaired) electrons. The Morgan fingerprint density at radius 2 is 1.46 bits per heavy atom. The molecule has 0 saturated carbocycles. The molecule has 0 saturated heterocycles. The maximum absolute atomic E-state index is 9.68. The number of nitrogens with zero attached hydrogens (tertiary/aromatic N) is 1. The molecule has 3 heterocycles. The van der Waals surface area contributed by atoms with Crippen molar-refractivity contribution in [2.45, 2.75) is 13.3 Å². The van der Waals surface area contributed by atoms with Crippen LogP contribution in [0.1, 0.15) is 12.5 Å². The lowest BCUT2D eigenvalue weighted by Crippen LogP contribution is -1.86. The smallest absolute Gasteiger partial charge is 0.115 e. The molecule has 0 fully saturated rings. The van der Waals surface area contributed by atoms with Gasteiger partial charge in [-0.15, -0.1) is 0 Å². The fourth-order valence-corrected chi connectivity index (χ4v) is 4.11. The first-order valence-corrected chi connectivity index (χ1v) is 9.01. The molecule has 0 amide bonds. The van der Waals surface area contributed by atoms with E-state index in [0.717, 1.165) is 12.0 Å². The van der Waals surface area contributed by atoms with Crippen LogP contribution in [0.3, 0.4) is 0 Å². The lowest BCUT2D eigenvalue weighted by Gasteiger charge is -2.05. The van der Waals surface area contributed by atoms with Gasteiger partial charge in [-0.1, -0.05) is 55.5 Å². The van der Waals surface area contributed by atoms with Crippen molar-refractivity contribution in [1.29, 1.82) is 0 Å². The first kappa shape index (κ1) is 15.0. The maximum Gasteiger partial charge on any atom is 0.115 e. The number of rotatable bonds is 3. The summed E-state index contributed by atoms with van der Waals surface area (Å²) in [6.45, 7) is 2.21. The normalized spacial score (nSPS) is 11.6. The fourth-order valence-electron chi connectivity index (χ4n) is 4.11. The molecule has 0 spiro atoms. The topological polar surface area (TPSA) is 24.6 Å². The molecule has 0 aliphatic heterocycles. The molecule has 2 heteroatoms. The van der Waals surface area contributed by atoms with Crippen molar-refractivity contribution in [3.05, 3.63) is 84.4 Å². The fraction of sp³-hybridized carbons (Fsp3) is 0.0833. The summed E-state index contributed by atoms with van der Waals surface area (Å²) in [6.07, 6.45) is 0.970. The van der Waals surface area contributed by atoms with Gasteiger partial charge in [0.1, 0.15) is 5.75 Å². The van der Waals surface area contributed by atoms with E-state index < -0.39 is 0 Å². The van der Waals surface area contributed by atoms with Gasteiger partial charge in [0.15, 0.2) is 0 Å². The van der Waals surface area contributed by atoms with Crippen LogP contribution in [0.2, 0.25) is 0 Å². The maximum atomic E-state index is 9.68. The van der Waals surface area contributed by atoms with E-state index in [0.29, 0.717) is 5.75 Å². The second-order valence-electron chi connectivity index (χ2n) is 6.69. The molecule has 3 aromatic heterocycles. The molecule has 5 aromatic rings. The van der Waals surface area contributed by atoms with Crippen molar-refractivity contribution < 1.29 is 5.11 Å². The lowest BCUT2D eigenvalue weighted by molar-refractivity contribution is 0.475. The summed E-state index contributed by atoms with van der Waals surface area (Å²) in [7, 11) is 0. The van der Waals surface area contributed by atoms with Crippen LogP contribution in [0.25, 0.3) is 38.8 Å². The lowest BCUT2D eigenvalue weighted by atomic mass is 9.98. The molecular formula is C24H19NO. The van der Waals surface area contributed by atoms with Crippen LogP contribution < -0.4 is 0 Å². The summed E-state index contributed by atoms with van der Waals surface area (Å²) in [5.41, 5.74) is 10.0. The van der Waals surface area contributed by atoms with Crippen molar-refractivity contribution in [3.8, 4) is 28.0 Å². The molecule has 0 aliphatic carbocycles. The van der Waals surface area contributed by atoms with E-state index in [4.69, 9.17) is 0 Å². The number of aromatic hydroxyl groups is 1. The molecule has 2 aromatic carbocycles. The Kier molecular flexibility index (Phi) is 3.26. The summed E-state index contributed by atoms with van der Waals surface area (Å²) < 4.78 is 2.38. The molecule has 0 atom stereocenters. The highest BCUT2D eigenvalue weighted by molar-refractivity contribution is 6.00. The van der Waals surface area contributed by atoms with Crippen LogP contribution in [-0.2, 0) is 6.42 Å². The van der Waals surface area contributed by atoms with Gasteiger partial charge in [0.05, 0.1) is 16.6 Å². The van der Waals surface area contributed by atoms with Gasteiger partial charge in [-0.2, -0.15) is 0 Å². The third kappa shape index (κ3) is 2.05. The van der Waals surface area contributed by atoms with E-state index >= 15 is 0 Å². The Bertz CT molecular complexity index is 1200. The summed E-state index contributed by atoms with van der Waals surface area (Å²) in [5, 5.41) is 9.68. The van der Waals surface area contributed by atoms with E-state index in [-0.39, 0.29) is 0 Å². The van der Waals surface area contributed by atoms with E-state index in [2.05, 4.69) is 65.9 Å². The van der Waals surface area contributed by atoms with Crippen molar-refractivity contribution in [2.24, 2.45) is 0 Å². The molecule has 0 bridgehead atoms. The van der Waals surface area contributed by atoms with Crippen LogP contribution in [-0.4, -0.2) is 9.51 Å². The van der Waals surface area contributed by atoms with Crippen LogP contribution in [0.5, 0.6) is 5.75 Å². The Balaban J connectivity index is 1.89. The first-order chi connectivity index (χ1) is 12.8. The second-order valence-corrected chi connectivity index (χ2v) is 6.69. The van der Waals surface area contributed by atoms with Gasteiger partial charge < -0.3 is 9.51 Å². The van der Waals surface area contributed by atoms with Crippen LogP contribution in [0.4, 0.5) is 0 Å². The predicted molar refractivity (Wildman–Crippen MR) is 108 cm³/mol. The number of aromatic nitrogens is 1. The van der Waals surface area contributed by atoms with Crippen LogP contribution >= 0.6 is 0 Å². The van der Waals surface area contributed by atoms with Gasteiger partial charge in [0.2, 0.25) is 0 Å². The number of hydrogen-bond acceptors (Lipinski definition) is 1. The van der Waals surface area contributed by atoms with Crippen molar-refractivity contribution in [3.63, 3.8) is 0 Å². The van der Waals surface area contributed by atoms with Crippen LogP contribution in [0, 0.1) is 0 Å². The summed E-state index contributed by atoms with van der Waals surface area (Å²) >= 11 is 0. The number of pyridine rings is 1. The van der Waals surface area contributed by atoms with Crippen molar-refractivity contribution >= 4 is 16.6 Å². The van der Waals surface area contributed by atoms with E-state index in [1.54, 1.807) is 12.1 Å².